The number of nitrogens with zero attached hydrogens (tertiary/aromatic N) is 2. The summed E-state index contributed by atoms with van der Waals surface area (Å²) in [6.45, 7) is 2.65. The van der Waals surface area contributed by atoms with Gasteiger partial charge in [-0.15, -0.1) is 0 Å². The average Bonchev–Trinajstić information content (AvgIpc) is 2.99. The maximum absolute atomic E-state index is 5.86. The lowest BCUT2D eigenvalue weighted by molar-refractivity contribution is 0.926. The molecule has 0 spiro atoms. The van der Waals surface area contributed by atoms with Crippen molar-refractivity contribution in [3.8, 4) is 0 Å². The van der Waals surface area contributed by atoms with Crippen LogP contribution in [0.25, 0.3) is 10.9 Å². The van der Waals surface area contributed by atoms with Crippen LogP contribution >= 0.6 is 11.6 Å². The van der Waals surface area contributed by atoms with Crippen molar-refractivity contribution >= 4 is 34.7 Å². The van der Waals surface area contributed by atoms with Crippen molar-refractivity contribution in [1.29, 1.82) is 0 Å². The summed E-state index contributed by atoms with van der Waals surface area (Å²) >= 11 is 5.86. The standard InChI is InChI=1S/C19H20ClN5/c1-13-2-7-18-17(10-13)15(11-23-18)12-24-25-19(21)22-9-8-14-3-5-16(20)6-4-14/h2-7,10-12,23H,8-9H2,1H3,(H3,21,22,25)/b24-12+. The largest absolute Gasteiger partial charge is 0.369 e. The van der Waals surface area contributed by atoms with Gasteiger partial charge < -0.3 is 10.7 Å². The molecule has 0 saturated heterocycles. The Bertz CT molecular complexity index is 909. The molecular formula is C19H20ClN5. The number of guanidine groups is 1. The smallest absolute Gasteiger partial charge is 0.209 e. The van der Waals surface area contributed by atoms with Crippen molar-refractivity contribution < 1.29 is 0 Å². The Hall–Kier alpha value is -2.79. The van der Waals surface area contributed by atoms with Crippen molar-refractivity contribution in [2.45, 2.75) is 13.3 Å². The number of hydrogen-bond donors (Lipinski definition) is 3. The van der Waals surface area contributed by atoms with Crippen LogP contribution in [0.3, 0.4) is 0 Å². The molecule has 0 unspecified atom stereocenters. The van der Waals surface area contributed by atoms with Crippen LogP contribution in [0.2, 0.25) is 5.02 Å². The molecule has 0 saturated carbocycles. The molecule has 0 aliphatic rings. The second-order valence-electron chi connectivity index (χ2n) is 5.81. The van der Waals surface area contributed by atoms with Gasteiger partial charge in [-0.1, -0.05) is 35.4 Å². The Morgan fingerprint density at radius 1 is 1.24 bits per heavy atom. The minimum absolute atomic E-state index is 0.293. The highest BCUT2D eigenvalue weighted by molar-refractivity contribution is 6.30. The van der Waals surface area contributed by atoms with Crippen LogP contribution < -0.4 is 11.2 Å². The van der Waals surface area contributed by atoms with Crippen molar-refractivity contribution in [3.05, 3.63) is 70.4 Å². The van der Waals surface area contributed by atoms with E-state index >= 15 is 0 Å². The number of aryl methyl sites for hydroxylation is 1. The summed E-state index contributed by atoms with van der Waals surface area (Å²) in [6.07, 6.45) is 4.45. The number of aromatic amines is 1. The first-order valence-electron chi connectivity index (χ1n) is 8.03. The molecule has 2 aromatic carbocycles. The normalized spacial score (nSPS) is 12.2. The molecule has 1 heterocycles. The van der Waals surface area contributed by atoms with Crippen molar-refractivity contribution in [2.24, 2.45) is 15.8 Å². The fourth-order valence-corrected chi connectivity index (χ4v) is 2.65. The average molecular weight is 354 g/mol. The van der Waals surface area contributed by atoms with Gasteiger partial charge in [-0.3, -0.25) is 4.99 Å². The van der Waals surface area contributed by atoms with Gasteiger partial charge in [0.05, 0.1) is 6.21 Å². The zero-order valence-corrected chi connectivity index (χ0v) is 14.7. The predicted molar refractivity (Wildman–Crippen MR) is 105 cm³/mol. The van der Waals surface area contributed by atoms with E-state index in [1.165, 1.54) is 11.1 Å². The highest BCUT2D eigenvalue weighted by Crippen LogP contribution is 2.18. The number of benzene rings is 2. The van der Waals surface area contributed by atoms with Crippen LogP contribution in [0.4, 0.5) is 0 Å². The molecule has 3 aromatic rings. The van der Waals surface area contributed by atoms with Gasteiger partial charge in [0, 0.05) is 34.2 Å². The molecule has 0 amide bonds. The van der Waals surface area contributed by atoms with Crippen LogP contribution in [0, 0.1) is 6.92 Å². The molecule has 128 valence electrons. The third-order valence-corrected chi connectivity index (χ3v) is 4.10. The number of hydrogen-bond acceptors (Lipinski definition) is 2. The van der Waals surface area contributed by atoms with E-state index in [1.807, 2.05) is 30.5 Å². The molecule has 1 aromatic heterocycles. The fourth-order valence-electron chi connectivity index (χ4n) is 2.52. The monoisotopic (exact) mass is 353 g/mol. The maximum atomic E-state index is 5.86. The van der Waals surface area contributed by atoms with Crippen molar-refractivity contribution in [3.63, 3.8) is 0 Å². The molecule has 6 heteroatoms. The second-order valence-corrected chi connectivity index (χ2v) is 6.24. The summed E-state index contributed by atoms with van der Waals surface area (Å²) in [5, 5.41) is 6.02. The van der Waals surface area contributed by atoms with E-state index in [1.54, 1.807) is 6.21 Å². The lowest BCUT2D eigenvalue weighted by Gasteiger charge is -2.01. The molecule has 0 radical (unpaired) electrons. The summed E-state index contributed by atoms with van der Waals surface area (Å²) in [5.41, 5.74) is 13.0. The molecule has 0 bridgehead atoms. The maximum Gasteiger partial charge on any atom is 0.209 e. The Morgan fingerprint density at radius 2 is 2.04 bits per heavy atom. The molecule has 5 nitrogen and oxygen atoms in total. The number of aliphatic imine (C=N–C) groups is 1. The van der Waals surface area contributed by atoms with Gasteiger partial charge in [-0.05, 0) is 43.2 Å². The number of hydrazone groups is 1. The SMILES string of the molecule is Cc1ccc2[nH]cc(/C=N/NC(N)=NCCc3ccc(Cl)cc3)c2c1. The van der Waals surface area contributed by atoms with Crippen molar-refractivity contribution in [2.75, 3.05) is 6.54 Å². The van der Waals surface area contributed by atoms with E-state index in [-0.39, 0.29) is 0 Å². The van der Waals surface area contributed by atoms with Gasteiger partial charge in [0.25, 0.3) is 0 Å². The Labute approximate surface area is 151 Å². The third-order valence-electron chi connectivity index (χ3n) is 3.85. The van der Waals surface area contributed by atoms with E-state index in [2.05, 4.69) is 45.6 Å². The summed E-state index contributed by atoms with van der Waals surface area (Å²) in [4.78, 5) is 7.49. The van der Waals surface area contributed by atoms with Crippen LogP contribution in [0.15, 0.2) is 58.8 Å². The highest BCUT2D eigenvalue weighted by atomic mass is 35.5. The van der Waals surface area contributed by atoms with E-state index in [4.69, 9.17) is 17.3 Å². The molecule has 0 atom stereocenters. The van der Waals surface area contributed by atoms with Crippen LogP contribution in [0.5, 0.6) is 0 Å². The highest BCUT2D eigenvalue weighted by Gasteiger charge is 2.01. The van der Waals surface area contributed by atoms with Gasteiger partial charge in [0.1, 0.15) is 0 Å². The minimum Gasteiger partial charge on any atom is -0.369 e. The number of nitrogens with two attached hydrogens (primary N) is 1. The molecular weight excluding hydrogens is 334 g/mol. The predicted octanol–water partition coefficient (Wildman–Crippen LogP) is 3.61. The summed E-state index contributed by atoms with van der Waals surface area (Å²) in [7, 11) is 0. The number of fused-ring (bicyclic) bond motifs is 1. The van der Waals surface area contributed by atoms with E-state index in [0.29, 0.717) is 12.5 Å². The Balaban J connectivity index is 1.55. The van der Waals surface area contributed by atoms with Crippen LogP contribution in [0.1, 0.15) is 16.7 Å². The van der Waals surface area contributed by atoms with Gasteiger partial charge in [0.2, 0.25) is 5.96 Å². The van der Waals surface area contributed by atoms with Crippen molar-refractivity contribution in [1.82, 2.24) is 10.4 Å². The molecule has 4 N–H and O–H groups in total. The summed E-state index contributed by atoms with van der Waals surface area (Å²) in [5.74, 6) is 0.293. The van der Waals surface area contributed by atoms with Crippen LogP contribution in [-0.4, -0.2) is 23.7 Å². The molecule has 0 aliphatic heterocycles. The van der Waals surface area contributed by atoms with Crippen LogP contribution in [-0.2, 0) is 6.42 Å². The Morgan fingerprint density at radius 3 is 2.84 bits per heavy atom. The van der Waals surface area contributed by atoms with Gasteiger partial charge in [0.15, 0.2) is 0 Å². The summed E-state index contributed by atoms with van der Waals surface area (Å²) < 4.78 is 0. The van der Waals surface area contributed by atoms with E-state index < -0.39 is 0 Å². The quantitative estimate of drug-likeness (QED) is 0.372. The third kappa shape index (κ3) is 4.61. The molecule has 3 rings (SSSR count). The van der Waals surface area contributed by atoms with E-state index in [9.17, 15) is 0 Å². The number of nitrogens with one attached hydrogen (secondary N) is 2. The van der Waals surface area contributed by atoms with Gasteiger partial charge in [-0.2, -0.15) is 5.10 Å². The van der Waals surface area contributed by atoms with Gasteiger partial charge in [-0.25, -0.2) is 5.43 Å². The topological polar surface area (TPSA) is 78.6 Å². The van der Waals surface area contributed by atoms with E-state index in [0.717, 1.165) is 27.9 Å². The Kier molecular flexibility index (Phi) is 5.36. The first-order valence-corrected chi connectivity index (χ1v) is 8.41. The zero-order valence-electron chi connectivity index (χ0n) is 14.0. The molecule has 0 aliphatic carbocycles. The number of rotatable bonds is 5. The second kappa shape index (κ2) is 7.85. The number of halogens is 1. The summed E-state index contributed by atoms with van der Waals surface area (Å²) in [6, 6.07) is 14.0. The fraction of sp³-hybridized carbons (Fsp3) is 0.158. The number of H-pyrrole nitrogens is 1. The molecule has 25 heavy (non-hydrogen) atoms. The van der Waals surface area contributed by atoms with Gasteiger partial charge >= 0.3 is 0 Å². The first kappa shape index (κ1) is 17.0. The molecule has 0 fully saturated rings. The minimum atomic E-state index is 0.293. The number of aromatic nitrogens is 1. The lowest BCUT2D eigenvalue weighted by Crippen LogP contribution is -2.27. The zero-order chi connectivity index (χ0) is 17.6. The first-order chi connectivity index (χ1) is 12.1. The lowest BCUT2D eigenvalue weighted by atomic mass is 10.1.